The maximum atomic E-state index is 12.2. The van der Waals surface area contributed by atoms with Crippen molar-refractivity contribution in [1.82, 2.24) is 5.43 Å². The summed E-state index contributed by atoms with van der Waals surface area (Å²) < 4.78 is 10.6. The Kier molecular flexibility index (Phi) is 6.12. The molecule has 0 heterocycles. The smallest absolute Gasteiger partial charge is 0.312 e. The lowest BCUT2D eigenvalue weighted by molar-refractivity contribution is -0.385. The monoisotopic (exact) mass is 423 g/mol. The number of benzene rings is 2. The molecule has 2 N–H and O–H groups in total. The van der Waals surface area contributed by atoms with E-state index in [0.29, 0.717) is 16.0 Å². The number of rotatable bonds is 6. The molecule has 0 unspecified atom stereocenters. The Morgan fingerprint density at radius 2 is 1.85 bits per heavy atom. The van der Waals surface area contributed by atoms with Gasteiger partial charge in [0.1, 0.15) is 11.5 Å². The van der Waals surface area contributed by atoms with E-state index in [1.165, 1.54) is 32.4 Å². The number of phenols is 1. The Bertz CT molecular complexity index is 862. The van der Waals surface area contributed by atoms with Gasteiger partial charge >= 0.3 is 5.69 Å². The number of carbonyl (C=O) groups excluding carboxylic acids is 1. The number of aromatic hydroxyl groups is 1. The van der Waals surface area contributed by atoms with E-state index in [2.05, 4.69) is 26.5 Å². The van der Waals surface area contributed by atoms with E-state index < -0.39 is 22.3 Å². The van der Waals surface area contributed by atoms with Crippen molar-refractivity contribution in [3.63, 3.8) is 0 Å². The minimum Gasteiger partial charge on any atom is -0.502 e. The topological polar surface area (TPSA) is 123 Å². The number of hydrogen-bond acceptors (Lipinski definition) is 7. The second-order valence-corrected chi connectivity index (χ2v) is 5.84. The molecule has 0 aliphatic heterocycles. The van der Waals surface area contributed by atoms with Gasteiger partial charge in [0.2, 0.25) is 5.75 Å². The molecular formula is C16H14BrN3O6. The van der Waals surface area contributed by atoms with E-state index in [4.69, 9.17) is 9.47 Å². The van der Waals surface area contributed by atoms with Gasteiger partial charge in [-0.3, -0.25) is 14.9 Å². The summed E-state index contributed by atoms with van der Waals surface area (Å²) in [5.41, 5.74) is 2.09. The van der Waals surface area contributed by atoms with Crippen LogP contribution in [0, 0.1) is 10.1 Å². The van der Waals surface area contributed by atoms with Gasteiger partial charge in [-0.05, 0) is 18.2 Å². The van der Waals surface area contributed by atoms with Gasteiger partial charge in [0.05, 0.1) is 25.4 Å². The van der Waals surface area contributed by atoms with Crippen LogP contribution in [0.2, 0.25) is 0 Å². The van der Waals surface area contributed by atoms with Crippen LogP contribution >= 0.6 is 15.9 Å². The van der Waals surface area contributed by atoms with Crippen molar-refractivity contribution in [2.24, 2.45) is 5.10 Å². The molecule has 2 aromatic carbocycles. The number of hydrazone groups is 1. The number of carbonyl (C=O) groups is 1. The number of methoxy groups -OCH3 is 2. The Labute approximate surface area is 156 Å². The van der Waals surface area contributed by atoms with E-state index in [9.17, 15) is 20.0 Å². The van der Waals surface area contributed by atoms with E-state index in [1.54, 1.807) is 6.07 Å². The van der Waals surface area contributed by atoms with Crippen LogP contribution in [0.4, 0.5) is 5.69 Å². The summed E-state index contributed by atoms with van der Waals surface area (Å²) in [4.78, 5) is 22.4. The van der Waals surface area contributed by atoms with Gasteiger partial charge in [-0.15, -0.1) is 0 Å². The fourth-order valence-corrected chi connectivity index (χ4v) is 2.47. The molecule has 0 atom stereocenters. The third-order valence-electron chi connectivity index (χ3n) is 3.26. The Morgan fingerprint density at radius 3 is 2.38 bits per heavy atom. The number of halogens is 1. The van der Waals surface area contributed by atoms with Gasteiger partial charge in [-0.2, -0.15) is 5.10 Å². The summed E-state index contributed by atoms with van der Waals surface area (Å²) in [6, 6.07) is 7.18. The number of hydrogen-bond donors (Lipinski definition) is 2. The first-order chi connectivity index (χ1) is 12.3. The normalized spacial score (nSPS) is 10.6. The van der Waals surface area contributed by atoms with Crippen LogP contribution in [-0.2, 0) is 0 Å². The lowest BCUT2D eigenvalue weighted by atomic mass is 10.2. The second kappa shape index (κ2) is 8.30. The zero-order chi connectivity index (χ0) is 19.3. The van der Waals surface area contributed by atoms with Crippen molar-refractivity contribution in [3.8, 4) is 17.2 Å². The average Bonchev–Trinajstić information content (AvgIpc) is 2.63. The van der Waals surface area contributed by atoms with E-state index in [-0.39, 0.29) is 11.1 Å². The van der Waals surface area contributed by atoms with E-state index >= 15 is 0 Å². The molecule has 2 aromatic rings. The van der Waals surface area contributed by atoms with Crippen LogP contribution < -0.4 is 14.9 Å². The maximum Gasteiger partial charge on any atom is 0.312 e. The highest BCUT2D eigenvalue weighted by atomic mass is 79.9. The minimum atomic E-state index is -0.724. The molecule has 0 fully saturated rings. The zero-order valence-corrected chi connectivity index (χ0v) is 15.3. The molecule has 0 saturated carbocycles. The van der Waals surface area contributed by atoms with Gasteiger partial charge in [0.15, 0.2) is 0 Å². The van der Waals surface area contributed by atoms with E-state index in [0.717, 1.165) is 12.3 Å². The van der Waals surface area contributed by atoms with Crippen molar-refractivity contribution < 1.29 is 24.3 Å². The largest absolute Gasteiger partial charge is 0.502 e. The highest BCUT2D eigenvalue weighted by molar-refractivity contribution is 9.10. The lowest BCUT2D eigenvalue weighted by Gasteiger charge is -2.07. The number of nitrogens with zero attached hydrogens (tertiary/aromatic N) is 2. The molecule has 9 nitrogen and oxygen atoms in total. The Balaban J connectivity index is 2.21. The fourth-order valence-electron chi connectivity index (χ4n) is 2.01. The number of nitro groups is 1. The van der Waals surface area contributed by atoms with Gasteiger partial charge in [0.25, 0.3) is 5.91 Å². The number of amides is 1. The summed E-state index contributed by atoms with van der Waals surface area (Å²) in [6.45, 7) is 0. The van der Waals surface area contributed by atoms with Gasteiger partial charge in [-0.1, -0.05) is 15.9 Å². The molecule has 0 saturated heterocycles. The van der Waals surface area contributed by atoms with Gasteiger partial charge < -0.3 is 14.6 Å². The lowest BCUT2D eigenvalue weighted by Crippen LogP contribution is -2.17. The molecule has 2 rings (SSSR count). The summed E-state index contributed by atoms with van der Waals surface area (Å²) in [6.07, 6.45) is 1.10. The first-order valence-electron chi connectivity index (χ1n) is 7.09. The van der Waals surface area contributed by atoms with Gasteiger partial charge in [-0.25, -0.2) is 5.43 Å². The van der Waals surface area contributed by atoms with Crippen LogP contribution in [0.15, 0.2) is 39.9 Å². The van der Waals surface area contributed by atoms with Crippen LogP contribution in [0.1, 0.15) is 15.9 Å². The predicted molar refractivity (Wildman–Crippen MR) is 97.1 cm³/mol. The summed E-state index contributed by atoms with van der Waals surface area (Å²) in [5, 5.41) is 24.5. The highest BCUT2D eigenvalue weighted by Gasteiger charge is 2.17. The number of nitro benzene ring substituents is 1. The van der Waals surface area contributed by atoms with Crippen molar-refractivity contribution >= 4 is 33.7 Å². The second-order valence-electron chi connectivity index (χ2n) is 4.92. The number of ether oxygens (including phenoxy) is 2. The summed E-state index contributed by atoms with van der Waals surface area (Å²) in [7, 11) is 2.91. The third kappa shape index (κ3) is 4.48. The van der Waals surface area contributed by atoms with Crippen LogP contribution in [0.3, 0.4) is 0 Å². The molecule has 10 heteroatoms. The standard InChI is InChI=1S/C16H14BrN3O6/c1-25-12-4-9(5-13(7-12)26-2)16(22)19-18-8-10-3-11(17)6-14(15(10)21)20(23)24/h3-8,21H,1-2H3,(H,19,22)/b18-8+. The molecule has 0 radical (unpaired) electrons. The van der Waals surface area contributed by atoms with Crippen molar-refractivity contribution in [2.45, 2.75) is 0 Å². The first-order valence-corrected chi connectivity index (χ1v) is 7.88. The van der Waals surface area contributed by atoms with E-state index in [1.807, 2.05) is 0 Å². The minimum absolute atomic E-state index is 0.0644. The molecule has 0 aliphatic carbocycles. The molecule has 0 aromatic heterocycles. The molecular weight excluding hydrogens is 410 g/mol. The summed E-state index contributed by atoms with van der Waals surface area (Å²) >= 11 is 3.11. The SMILES string of the molecule is COc1cc(OC)cc(C(=O)N/N=C/c2cc(Br)cc([N+](=O)[O-])c2O)c1. The van der Waals surface area contributed by atoms with Crippen molar-refractivity contribution in [1.29, 1.82) is 0 Å². The van der Waals surface area contributed by atoms with Crippen LogP contribution in [0.25, 0.3) is 0 Å². The number of phenolic OH excluding ortho intramolecular Hbond substituents is 1. The predicted octanol–water partition coefficient (Wildman–Crippen LogP) is 2.84. The Morgan fingerprint density at radius 1 is 1.23 bits per heavy atom. The third-order valence-corrected chi connectivity index (χ3v) is 3.72. The van der Waals surface area contributed by atoms with Crippen LogP contribution in [-0.4, -0.2) is 36.4 Å². The van der Waals surface area contributed by atoms with Gasteiger partial charge in [0, 0.05) is 27.7 Å². The highest BCUT2D eigenvalue weighted by Crippen LogP contribution is 2.32. The quantitative estimate of drug-likeness (QED) is 0.418. The van der Waals surface area contributed by atoms with Crippen molar-refractivity contribution in [3.05, 3.63) is 56.0 Å². The first kappa shape index (κ1) is 19.2. The Hall–Kier alpha value is -3.14. The summed E-state index contributed by atoms with van der Waals surface area (Å²) in [5.74, 6) is -0.251. The maximum absolute atomic E-state index is 12.2. The molecule has 0 aliphatic rings. The molecule has 0 bridgehead atoms. The van der Waals surface area contributed by atoms with Crippen LogP contribution in [0.5, 0.6) is 17.2 Å². The number of nitrogens with one attached hydrogen (secondary N) is 1. The molecule has 26 heavy (non-hydrogen) atoms. The molecule has 136 valence electrons. The fraction of sp³-hybridized carbons (Fsp3) is 0.125. The average molecular weight is 424 g/mol. The van der Waals surface area contributed by atoms with Crippen molar-refractivity contribution in [2.75, 3.05) is 14.2 Å². The molecule has 1 amide bonds. The molecule has 0 spiro atoms. The zero-order valence-electron chi connectivity index (χ0n) is 13.7.